The van der Waals surface area contributed by atoms with Crippen LogP contribution in [-0.4, -0.2) is 193 Å². The van der Waals surface area contributed by atoms with Gasteiger partial charge in [-0.1, -0.05) is 284 Å². The Balaban J connectivity index is 1.29. The normalized spacial score (nSPS) is 28.3. The van der Waals surface area contributed by atoms with Gasteiger partial charge in [-0.05, 0) is 12.8 Å². The molecule has 0 aromatic heterocycles. The molecule has 3 rings (SSSR count). The summed E-state index contributed by atoms with van der Waals surface area (Å²) in [5.74, 6) is -0.238. The lowest BCUT2D eigenvalue weighted by Crippen LogP contribution is -2.66. The Bertz CT molecular complexity index is 1600. The summed E-state index contributed by atoms with van der Waals surface area (Å²) in [6.07, 6.45) is 29.7. The Labute approximate surface area is 532 Å². The van der Waals surface area contributed by atoms with Gasteiger partial charge in [-0.2, -0.15) is 0 Å². The van der Waals surface area contributed by atoms with Crippen LogP contribution >= 0.6 is 0 Å². The molecule has 0 saturated carbocycles. The van der Waals surface area contributed by atoms with Gasteiger partial charge in [0.25, 0.3) is 0 Å². The van der Waals surface area contributed by atoms with Crippen LogP contribution in [0.25, 0.3) is 0 Å². The Morgan fingerprint density at radius 1 is 0.364 bits per heavy atom. The molecule has 3 saturated heterocycles. The van der Waals surface area contributed by atoms with E-state index in [9.17, 15) is 61.0 Å². The number of unbranched alkanes of at least 4 members (excludes halogenated alkanes) is 41. The fourth-order valence-electron chi connectivity index (χ4n) is 12.8. The lowest BCUT2D eigenvalue weighted by atomic mass is 9.96. The summed E-state index contributed by atoms with van der Waals surface area (Å²) in [7, 11) is 0. The van der Waals surface area contributed by atoms with Crippen LogP contribution in [0.2, 0.25) is 0 Å². The molecule has 3 aliphatic rings. The molecule has 3 heterocycles. The van der Waals surface area contributed by atoms with Crippen LogP contribution in [0.4, 0.5) is 0 Å². The third-order valence-electron chi connectivity index (χ3n) is 18.7. The summed E-state index contributed by atoms with van der Waals surface area (Å²) < 4.78 is 34.3. The average Bonchev–Trinajstić information content (AvgIpc) is 2.78. The average molecular weight is 1260 g/mol. The van der Waals surface area contributed by atoms with Crippen molar-refractivity contribution >= 4 is 5.91 Å². The highest BCUT2D eigenvalue weighted by molar-refractivity contribution is 5.76. The lowest BCUT2D eigenvalue weighted by Gasteiger charge is -2.48. The van der Waals surface area contributed by atoms with Crippen molar-refractivity contribution in [3.8, 4) is 0 Å². The Morgan fingerprint density at radius 2 is 0.648 bits per heavy atom. The van der Waals surface area contributed by atoms with Gasteiger partial charge >= 0.3 is 0 Å². The van der Waals surface area contributed by atoms with Crippen LogP contribution in [0, 0.1) is 0 Å². The van der Waals surface area contributed by atoms with E-state index in [1.54, 1.807) is 0 Å². The monoisotopic (exact) mass is 1260 g/mol. The van der Waals surface area contributed by atoms with Crippen molar-refractivity contribution in [2.24, 2.45) is 0 Å². The SMILES string of the molecule is CCCCCCCCCCCCCCCCCCCCCCCCCCCCCCCCCCCCC(=O)NC(COC1OC(CO)C(OC2OC(CO)C(OC3OC(CO)C(O)C(O)C3O)C(O)C2O)C(O)C1O)C(O)CCCCCCCCCCC. The molecule has 3 aliphatic heterocycles. The molecule has 0 bridgehead atoms. The number of carbonyl (C=O) groups is 1. The van der Waals surface area contributed by atoms with Crippen molar-refractivity contribution in [1.82, 2.24) is 5.32 Å². The van der Waals surface area contributed by atoms with Crippen molar-refractivity contribution in [1.29, 1.82) is 0 Å². The smallest absolute Gasteiger partial charge is 0.220 e. The van der Waals surface area contributed by atoms with E-state index in [2.05, 4.69) is 19.2 Å². The third-order valence-corrected chi connectivity index (χ3v) is 18.7. The zero-order valence-electron chi connectivity index (χ0n) is 55.2. The largest absolute Gasteiger partial charge is 0.394 e. The number of aliphatic hydroxyl groups is 11. The summed E-state index contributed by atoms with van der Waals surface area (Å²) in [6.45, 7) is 1.80. The molecule has 0 radical (unpaired) electrons. The molecule has 0 aromatic carbocycles. The first-order chi connectivity index (χ1) is 42.8. The fourth-order valence-corrected chi connectivity index (χ4v) is 12.8. The number of rotatable bonds is 57. The Kier molecular flexibility index (Phi) is 48.0. The second-order valence-electron chi connectivity index (χ2n) is 26.4. The predicted molar refractivity (Wildman–Crippen MR) is 342 cm³/mol. The summed E-state index contributed by atoms with van der Waals surface area (Å²) in [5, 5.41) is 120. The summed E-state index contributed by atoms with van der Waals surface area (Å²) in [4.78, 5) is 13.4. The van der Waals surface area contributed by atoms with Gasteiger partial charge in [0.1, 0.15) is 73.2 Å². The molecule has 522 valence electrons. The van der Waals surface area contributed by atoms with Gasteiger partial charge in [-0.15, -0.1) is 0 Å². The van der Waals surface area contributed by atoms with E-state index < -0.39 is 124 Å². The van der Waals surface area contributed by atoms with Gasteiger partial charge in [0.05, 0.1) is 38.6 Å². The summed E-state index contributed by atoms with van der Waals surface area (Å²) >= 11 is 0. The van der Waals surface area contributed by atoms with Crippen molar-refractivity contribution in [2.45, 2.75) is 407 Å². The predicted octanol–water partition coefficient (Wildman–Crippen LogP) is 9.89. The van der Waals surface area contributed by atoms with Crippen LogP contribution < -0.4 is 5.32 Å². The lowest BCUT2D eigenvalue weighted by molar-refractivity contribution is -0.379. The zero-order chi connectivity index (χ0) is 64.0. The van der Waals surface area contributed by atoms with E-state index in [0.717, 1.165) is 44.9 Å². The Morgan fingerprint density at radius 3 is 0.989 bits per heavy atom. The molecular formula is C69H133NO18. The third kappa shape index (κ3) is 33.8. The maximum absolute atomic E-state index is 13.4. The van der Waals surface area contributed by atoms with Gasteiger partial charge in [-0.3, -0.25) is 4.79 Å². The molecule has 88 heavy (non-hydrogen) atoms. The summed E-state index contributed by atoms with van der Waals surface area (Å²) in [5.41, 5.74) is 0. The van der Waals surface area contributed by atoms with Gasteiger partial charge in [0, 0.05) is 6.42 Å². The number of ether oxygens (including phenoxy) is 6. The molecule has 0 aliphatic carbocycles. The molecule has 0 aromatic rings. The number of amides is 1. The van der Waals surface area contributed by atoms with Gasteiger partial charge in [-0.25, -0.2) is 0 Å². The van der Waals surface area contributed by atoms with Crippen LogP contribution in [0.3, 0.4) is 0 Å². The Hall–Kier alpha value is -1.21. The van der Waals surface area contributed by atoms with E-state index in [-0.39, 0.29) is 18.9 Å². The van der Waals surface area contributed by atoms with E-state index in [0.29, 0.717) is 12.8 Å². The molecule has 17 unspecified atom stereocenters. The minimum Gasteiger partial charge on any atom is -0.394 e. The van der Waals surface area contributed by atoms with Crippen molar-refractivity contribution in [2.75, 3.05) is 26.4 Å². The number of nitrogens with one attached hydrogen (secondary N) is 1. The maximum atomic E-state index is 13.4. The minimum atomic E-state index is -1.97. The highest BCUT2D eigenvalue weighted by Gasteiger charge is 2.53. The van der Waals surface area contributed by atoms with E-state index in [1.165, 1.54) is 225 Å². The number of aliphatic hydroxyl groups excluding tert-OH is 11. The van der Waals surface area contributed by atoms with E-state index in [1.807, 2.05) is 0 Å². The highest BCUT2D eigenvalue weighted by atomic mass is 16.8. The molecule has 19 heteroatoms. The standard InChI is InChI=1S/C69H133NO18/c1-3-5-7-9-11-13-14-15-16-17-18-19-20-21-22-23-24-25-26-27-28-29-30-31-32-33-34-35-36-37-39-41-43-45-47-57(75)70-52(53(74)46-44-42-40-38-12-10-8-6-4-2)51-83-67-63(81)60(78)65(55(49-72)85-67)88-69-64(82)61(79)66(56(50-73)86-69)87-68-62(80)59(77)58(76)54(48-71)84-68/h52-56,58-69,71-74,76-82H,3-51H2,1-2H3,(H,70,75). The molecule has 0 spiro atoms. The first kappa shape index (κ1) is 81.0. The second kappa shape index (κ2) is 52.1. The van der Waals surface area contributed by atoms with Gasteiger partial charge in [0.15, 0.2) is 18.9 Å². The van der Waals surface area contributed by atoms with E-state index in [4.69, 9.17) is 28.4 Å². The molecule has 19 nitrogen and oxygen atoms in total. The molecule has 12 N–H and O–H groups in total. The second-order valence-corrected chi connectivity index (χ2v) is 26.4. The van der Waals surface area contributed by atoms with Crippen molar-refractivity contribution in [3.05, 3.63) is 0 Å². The van der Waals surface area contributed by atoms with Gasteiger partial charge < -0.3 is 89.9 Å². The van der Waals surface area contributed by atoms with Crippen LogP contribution in [0.5, 0.6) is 0 Å². The number of hydrogen-bond donors (Lipinski definition) is 12. The maximum Gasteiger partial charge on any atom is 0.220 e. The topological polar surface area (TPSA) is 307 Å². The fraction of sp³-hybridized carbons (Fsp3) is 0.986. The molecule has 17 atom stereocenters. The molecular weight excluding hydrogens is 1130 g/mol. The van der Waals surface area contributed by atoms with Crippen molar-refractivity contribution in [3.63, 3.8) is 0 Å². The molecule has 1 amide bonds. The molecule has 3 fully saturated rings. The number of carbonyl (C=O) groups excluding carboxylic acids is 1. The van der Waals surface area contributed by atoms with Gasteiger partial charge in [0.2, 0.25) is 5.91 Å². The zero-order valence-corrected chi connectivity index (χ0v) is 55.2. The van der Waals surface area contributed by atoms with E-state index >= 15 is 0 Å². The van der Waals surface area contributed by atoms with Crippen LogP contribution in [0.15, 0.2) is 0 Å². The highest BCUT2D eigenvalue weighted by Crippen LogP contribution is 2.33. The quantitative estimate of drug-likeness (QED) is 0.0252. The number of hydrogen-bond acceptors (Lipinski definition) is 18. The van der Waals surface area contributed by atoms with Crippen LogP contribution in [-0.2, 0) is 33.2 Å². The first-order valence-electron chi connectivity index (χ1n) is 36.3. The first-order valence-corrected chi connectivity index (χ1v) is 36.3. The van der Waals surface area contributed by atoms with Crippen LogP contribution in [0.1, 0.15) is 303 Å². The van der Waals surface area contributed by atoms with Crippen molar-refractivity contribution < 1.29 is 89.4 Å². The minimum absolute atomic E-state index is 0.238. The summed E-state index contributed by atoms with van der Waals surface area (Å²) in [6, 6.07) is -0.880.